The molecule has 1 aliphatic rings. The van der Waals surface area contributed by atoms with Crippen LogP contribution in [0.2, 0.25) is 0 Å². The summed E-state index contributed by atoms with van der Waals surface area (Å²) in [7, 11) is 0. The lowest BCUT2D eigenvalue weighted by molar-refractivity contribution is 0.195. The van der Waals surface area contributed by atoms with Crippen LogP contribution in [-0.4, -0.2) is 6.61 Å². The van der Waals surface area contributed by atoms with Crippen molar-refractivity contribution in [1.82, 2.24) is 0 Å². The third kappa shape index (κ3) is 4.07. The molecule has 0 N–H and O–H groups in total. The summed E-state index contributed by atoms with van der Waals surface area (Å²) in [4.78, 5) is 0. The Hall–Kier alpha value is -0.460. The van der Waals surface area contributed by atoms with E-state index in [-0.39, 0.29) is 0 Å². The van der Waals surface area contributed by atoms with E-state index >= 15 is 0 Å². The third-order valence-electron chi connectivity index (χ3n) is 1.11. The molecule has 0 saturated heterocycles. The van der Waals surface area contributed by atoms with Gasteiger partial charge in [0.25, 0.3) is 0 Å². The number of ether oxygens (including phenoxy) is 1. The van der Waals surface area contributed by atoms with Crippen molar-refractivity contribution < 1.29 is 4.74 Å². The molecular formula is C8H16O. The van der Waals surface area contributed by atoms with E-state index in [9.17, 15) is 0 Å². The summed E-state index contributed by atoms with van der Waals surface area (Å²) in [5.74, 6) is 1.09. The van der Waals surface area contributed by atoms with Gasteiger partial charge in [-0.25, -0.2) is 0 Å². The first-order valence-electron chi connectivity index (χ1n) is 3.69. The van der Waals surface area contributed by atoms with Crippen molar-refractivity contribution >= 4 is 0 Å². The van der Waals surface area contributed by atoms with Gasteiger partial charge in [-0.05, 0) is 25.8 Å². The lowest BCUT2D eigenvalue weighted by Crippen LogP contribution is -1.96. The lowest BCUT2D eigenvalue weighted by Gasteiger charge is -2.09. The van der Waals surface area contributed by atoms with E-state index in [0.29, 0.717) is 0 Å². The van der Waals surface area contributed by atoms with E-state index < -0.39 is 0 Å². The number of hydrogen-bond donors (Lipinski definition) is 0. The molecule has 0 atom stereocenters. The quantitative estimate of drug-likeness (QED) is 0.487. The molecule has 0 radical (unpaired) electrons. The maximum absolute atomic E-state index is 5.14. The molecule has 1 rings (SSSR count). The first-order valence-corrected chi connectivity index (χ1v) is 3.69. The summed E-state index contributed by atoms with van der Waals surface area (Å²) in [6.45, 7) is 6.92. The molecule has 0 spiro atoms. The van der Waals surface area contributed by atoms with E-state index in [1.807, 2.05) is 20.8 Å². The monoisotopic (exact) mass is 128 g/mol. The molecule has 1 nitrogen and oxygen atoms in total. The predicted octanol–water partition coefficient (Wildman–Crippen LogP) is 2.73. The Bertz CT molecular complexity index is 84.6. The van der Waals surface area contributed by atoms with Crippen molar-refractivity contribution in [3.05, 3.63) is 11.8 Å². The zero-order valence-corrected chi connectivity index (χ0v) is 6.61. The van der Waals surface area contributed by atoms with E-state index in [1.54, 1.807) is 0 Å². The number of rotatable bonds is 0. The molecule has 1 heterocycles. The highest BCUT2D eigenvalue weighted by Gasteiger charge is 1.95. The molecule has 0 aromatic carbocycles. The fraction of sp³-hybridized carbons (Fsp3) is 0.750. The lowest BCUT2D eigenvalue weighted by atomic mass is 10.2. The highest BCUT2D eigenvalue weighted by molar-refractivity contribution is 4.90. The van der Waals surface area contributed by atoms with Crippen LogP contribution in [0.5, 0.6) is 0 Å². The summed E-state index contributed by atoms with van der Waals surface area (Å²) in [6.07, 6.45) is 4.52. The topological polar surface area (TPSA) is 9.23 Å². The van der Waals surface area contributed by atoms with Crippen molar-refractivity contribution in [2.24, 2.45) is 0 Å². The Morgan fingerprint density at radius 3 is 2.33 bits per heavy atom. The zero-order valence-electron chi connectivity index (χ0n) is 6.61. The van der Waals surface area contributed by atoms with Gasteiger partial charge in [-0.1, -0.05) is 13.8 Å². The Kier molecular flexibility index (Phi) is 5.38. The van der Waals surface area contributed by atoms with Crippen LogP contribution in [0.25, 0.3) is 0 Å². The van der Waals surface area contributed by atoms with Gasteiger partial charge >= 0.3 is 0 Å². The van der Waals surface area contributed by atoms with Crippen LogP contribution >= 0.6 is 0 Å². The molecule has 0 saturated carbocycles. The molecule has 0 amide bonds. The normalized spacial score (nSPS) is 16.6. The van der Waals surface area contributed by atoms with Crippen molar-refractivity contribution in [2.75, 3.05) is 6.61 Å². The van der Waals surface area contributed by atoms with Gasteiger partial charge in [0.05, 0.1) is 12.4 Å². The van der Waals surface area contributed by atoms with Crippen molar-refractivity contribution in [2.45, 2.75) is 33.6 Å². The van der Waals surface area contributed by atoms with Crippen LogP contribution in [0, 0.1) is 0 Å². The minimum absolute atomic E-state index is 0.919. The van der Waals surface area contributed by atoms with Gasteiger partial charge in [0, 0.05) is 0 Å². The minimum Gasteiger partial charge on any atom is -0.499 e. The first kappa shape index (κ1) is 8.54. The Labute approximate surface area is 57.7 Å². The van der Waals surface area contributed by atoms with Crippen LogP contribution in [0.15, 0.2) is 11.8 Å². The SMILES string of the molecule is CC.CC1=CCCCO1. The summed E-state index contributed by atoms with van der Waals surface area (Å²) in [5.41, 5.74) is 0. The summed E-state index contributed by atoms with van der Waals surface area (Å²) in [5, 5.41) is 0. The molecular weight excluding hydrogens is 112 g/mol. The van der Waals surface area contributed by atoms with Crippen LogP contribution in [0.4, 0.5) is 0 Å². The molecule has 0 aromatic rings. The molecule has 0 aromatic heterocycles. The van der Waals surface area contributed by atoms with Gasteiger partial charge in [-0.15, -0.1) is 0 Å². The summed E-state index contributed by atoms with van der Waals surface area (Å²) >= 11 is 0. The molecule has 9 heavy (non-hydrogen) atoms. The highest BCUT2D eigenvalue weighted by atomic mass is 16.5. The van der Waals surface area contributed by atoms with Crippen LogP contribution in [0.3, 0.4) is 0 Å². The second kappa shape index (κ2) is 5.67. The van der Waals surface area contributed by atoms with Gasteiger partial charge in [0.1, 0.15) is 0 Å². The smallest absolute Gasteiger partial charge is 0.0889 e. The van der Waals surface area contributed by atoms with E-state index in [4.69, 9.17) is 4.74 Å². The average molecular weight is 128 g/mol. The maximum Gasteiger partial charge on any atom is 0.0889 e. The van der Waals surface area contributed by atoms with Gasteiger partial charge < -0.3 is 4.74 Å². The summed E-state index contributed by atoms with van der Waals surface area (Å²) < 4.78 is 5.14. The molecule has 1 heteroatoms. The van der Waals surface area contributed by atoms with Crippen molar-refractivity contribution in [3.63, 3.8) is 0 Å². The molecule has 0 unspecified atom stereocenters. The number of hydrogen-bond acceptors (Lipinski definition) is 1. The Balaban J connectivity index is 0.000000291. The van der Waals surface area contributed by atoms with Gasteiger partial charge in [-0.2, -0.15) is 0 Å². The third-order valence-corrected chi connectivity index (χ3v) is 1.11. The second-order valence-electron chi connectivity index (χ2n) is 1.81. The summed E-state index contributed by atoms with van der Waals surface area (Å²) in [6, 6.07) is 0. The van der Waals surface area contributed by atoms with E-state index in [0.717, 1.165) is 12.4 Å². The van der Waals surface area contributed by atoms with E-state index in [1.165, 1.54) is 12.8 Å². The number of allylic oxidation sites excluding steroid dienone is 2. The van der Waals surface area contributed by atoms with Crippen LogP contribution in [0.1, 0.15) is 33.6 Å². The van der Waals surface area contributed by atoms with Gasteiger partial charge in [0.2, 0.25) is 0 Å². The van der Waals surface area contributed by atoms with Crippen LogP contribution < -0.4 is 0 Å². The standard InChI is InChI=1S/C6H10O.C2H6/c1-6-4-2-3-5-7-6;1-2/h4H,2-3,5H2,1H3;1-2H3. The van der Waals surface area contributed by atoms with Crippen LogP contribution in [-0.2, 0) is 4.74 Å². The van der Waals surface area contributed by atoms with Gasteiger partial charge in [-0.3, -0.25) is 0 Å². The first-order chi connectivity index (χ1) is 4.39. The molecule has 54 valence electrons. The fourth-order valence-corrected chi connectivity index (χ4v) is 0.681. The van der Waals surface area contributed by atoms with E-state index in [2.05, 4.69) is 6.08 Å². The van der Waals surface area contributed by atoms with Crippen molar-refractivity contribution in [3.8, 4) is 0 Å². The largest absolute Gasteiger partial charge is 0.499 e. The Morgan fingerprint density at radius 2 is 2.11 bits per heavy atom. The molecule has 0 bridgehead atoms. The fourth-order valence-electron chi connectivity index (χ4n) is 0.681. The highest BCUT2D eigenvalue weighted by Crippen LogP contribution is 2.07. The zero-order chi connectivity index (χ0) is 7.11. The average Bonchev–Trinajstić information content (AvgIpc) is 1.94. The molecule has 1 aliphatic heterocycles. The van der Waals surface area contributed by atoms with Gasteiger partial charge in [0.15, 0.2) is 0 Å². The molecule has 0 aliphatic carbocycles. The second-order valence-corrected chi connectivity index (χ2v) is 1.81. The minimum atomic E-state index is 0.919. The maximum atomic E-state index is 5.14. The Morgan fingerprint density at radius 1 is 1.44 bits per heavy atom. The van der Waals surface area contributed by atoms with Crippen molar-refractivity contribution in [1.29, 1.82) is 0 Å². The molecule has 0 fully saturated rings. The predicted molar refractivity (Wildman–Crippen MR) is 40.3 cm³/mol.